The van der Waals surface area contributed by atoms with Crippen molar-refractivity contribution in [1.29, 1.82) is 0 Å². The molecular weight excluding hydrogens is 469 g/mol. The van der Waals surface area contributed by atoms with E-state index in [4.69, 9.17) is 14.2 Å². The lowest BCUT2D eigenvalue weighted by Gasteiger charge is -2.33. The van der Waals surface area contributed by atoms with Gasteiger partial charge in [0.25, 0.3) is 0 Å². The molecule has 0 radical (unpaired) electrons. The third kappa shape index (κ3) is 5.63. The second-order valence-electron chi connectivity index (χ2n) is 10.3. The first-order valence-electron chi connectivity index (χ1n) is 12.4. The highest BCUT2D eigenvalue weighted by molar-refractivity contribution is 5.89. The van der Waals surface area contributed by atoms with Crippen LogP contribution in [0.15, 0.2) is 54.6 Å². The van der Waals surface area contributed by atoms with Crippen LogP contribution < -0.4 is 19.5 Å². The topological polar surface area (TPSA) is 56.8 Å². The molecule has 5 nitrogen and oxygen atoms in total. The minimum Gasteiger partial charge on any atom is -0.496 e. The average Bonchev–Trinajstić information content (AvgIpc) is 2.83. The number of aryl methyl sites for hydroxylation is 1. The Kier molecular flexibility index (Phi) is 7.30. The van der Waals surface area contributed by atoms with Crippen molar-refractivity contribution in [1.82, 2.24) is 0 Å². The van der Waals surface area contributed by atoms with Crippen molar-refractivity contribution in [3.8, 4) is 28.4 Å². The van der Waals surface area contributed by atoms with Gasteiger partial charge in [-0.3, -0.25) is 4.79 Å². The maximum absolute atomic E-state index is 14.0. The summed E-state index contributed by atoms with van der Waals surface area (Å²) in [5, 5.41) is 3.59. The van der Waals surface area contributed by atoms with Gasteiger partial charge in [0, 0.05) is 28.4 Å². The van der Waals surface area contributed by atoms with Gasteiger partial charge in [-0.15, -0.1) is 0 Å². The van der Waals surface area contributed by atoms with E-state index >= 15 is 0 Å². The number of esters is 1. The van der Waals surface area contributed by atoms with Crippen LogP contribution in [0.3, 0.4) is 0 Å². The minimum atomic E-state index is -0.350. The first kappa shape index (κ1) is 26.3. The Labute approximate surface area is 218 Å². The standard InChI is InChI=1S/C31H34FNO4/c1-18(2)30(34)37-22-10-13-27(35-7)24(15-22)23-11-12-26-29(20(4)16-31(5,6)33-26)25(23)17-36-28-14-21(32)9-8-19(28)3/h8-16,18,33H,17H2,1-7H3. The summed E-state index contributed by atoms with van der Waals surface area (Å²) in [4.78, 5) is 12.3. The molecule has 6 heteroatoms. The van der Waals surface area contributed by atoms with Gasteiger partial charge in [0.1, 0.15) is 29.7 Å². The number of benzene rings is 3. The van der Waals surface area contributed by atoms with Gasteiger partial charge >= 0.3 is 5.97 Å². The van der Waals surface area contributed by atoms with Crippen LogP contribution in [0.25, 0.3) is 16.7 Å². The molecule has 0 spiro atoms. The Morgan fingerprint density at radius 3 is 2.46 bits per heavy atom. The average molecular weight is 504 g/mol. The number of nitrogens with one attached hydrogen (secondary N) is 1. The van der Waals surface area contributed by atoms with Crippen molar-refractivity contribution in [2.24, 2.45) is 5.92 Å². The van der Waals surface area contributed by atoms with Crippen LogP contribution in [0.4, 0.5) is 10.1 Å². The highest BCUT2D eigenvalue weighted by Gasteiger charge is 2.27. The minimum absolute atomic E-state index is 0.204. The SMILES string of the molecule is COc1ccc(OC(=O)C(C)C)cc1-c1ccc2c(c1COc1cc(F)ccc1C)C(C)=CC(C)(C)N2. The number of hydrogen-bond acceptors (Lipinski definition) is 5. The van der Waals surface area contributed by atoms with Crippen LogP contribution in [0, 0.1) is 18.7 Å². The largest absolute Gasteiger partial charge is 0.496 e. The molecule has 1 aliphatic heterocycles. The molecule has 194 valence electrons. The molecule has 0 aliphatic carbocycles. The Morgan fingerprint density at radius 2 is 1.76 bits per heavy atom. The molecule has 0 amide bonds. The normalized spacial score (nSPS) is 13.9. The van der Waals surface area contributed by atoms with E-state index in [1.165, 1.54) is 12.1 Å². The van der Waals surface area contributed by atoms with Gasteiger partial charge in [0.2, 0.25) is 0 Å². The molecule has 1 heterocycles. The van der Waals surface area contributed by atoms with Crippen LogP contribution in [0.1, 0.15) is 51.3 Å². The first-order chi connectivity index (χ1) is 17.5. The lowest BCUT2D eigenvalue weighted by atomic mass is 9.85. The third-order valence-corrected chi connectivity index (χ3v) is 6.41. The van der Waals surface area contributed by atoms with Crippen molar-refractivity contribution in [3.63, 3.8) is 0 Å². The smallest absolute Gasteiger partial charge is 0.313 e. The molecule has 0 atom stereocenters. The van der Waals surface area contributed by atoms with Gasteiger partial charge in [0.15, 0.2) is 0 Å². The van der Waals surface area contributed by atoms with Gasteiger partial charge in [-0.2, -0.15) is 0 Å². The van der Waals surface area contributed by atoms with Crippen molar-refractivity contribution < 1.29 is 23.4 Å². The maximum Gasteiger partial charge on any atom is 0.313 e. The highest BCUT2D eigenvalue weighted by atomic mass is 19.1. The molecule has 1 N–H and O–H groups in total. The number of hydrogen-bond donors (Lipinski definition) is 1. The number of halogens is 1. The second kappa shape index (κ2) is 10.3. The number of fused-ring (bicyclic) bond motifs is 1. The molecule has 0 fully saturated rings. The zero-order valence-corrected chi connectivity index (χ0v) is 22.5. The van der Waals surface area contributed by atoms with Crippen molar-refractivity contribution >= 4 is 17.2 Å². The molecule has 4 rings (SSSR count). The number of carbonyl (C=O) groups excluding carboxylic acids is 1. The van der Waals surface area contributed by atoms with E-state index in [2.05, 4.69) is 32.2 Å². The third-order valence-electron chi connectivity index (χ3n) is 6.41. The molecule has 0 bridgehead atoms. The van der Waals surface area contributed by atoms with Gasteiger partial charge in [-0.25, -0.2) is 4.39 Å². The molecule has 3 aromatic carbocycles. The number of anilines is 1. The number of methoxy groups -OCH3 is 1. The summed E-state index contributed by atoms with van der Waals surface area (Å²) >= 11 is 0. The van der Waals surface area contributed by atoms with Crippen molar-refractivity contribution in [2.45, 2.75) is 53.7 Å². The lowest BCUT2D eigenvalue weighted by molar-refractivity contribution is -0.137. The molecule has 37 heavy (non-hydrogen) atoms. The second-order valence-corrected chi connectivity index (χ2v) is 10.3. The maximum atomic E-state index is 14.0. The summed E-state index contributed by atoms with van der Waals surface area (Å²) in [6.07, 6.45) is 2.19. The van der Waals surface area contributed by atoms with Crippen LogP contribution in [-0.4, -0.2) is 18.6 Å². The Bertz CT molecular complexity index is 1370. The Hall–Kier alpha value is -3.80. The predicted octanol–water partition coefficient (Wildman–Crippen LogP) is 7.56. The van der Waals surface area contributed by atoms with E-state index in [1.54, 1.807) is 39.2 Å². The van der Waals surface area contributed by atoms with E-state index < -0.39 is 0 Å². The number of carbonyl (C=O) groups is 1. The zero-order chi connectivity index (χ0) is 26.9. The summed E-state index contributed by atoms with van der Waals surface area (Å²) < 4.78 is 31.5. The lowest BCUT2D eigenvalue weighted by Crippen LogP contribution is -2.32. The number of allylic oxidation sites excluding steroid dienone is 1. The van der Waals surface area contributed by atoms with Crippen LogP contribution in [0.2, 0.25) is 0 Å². The quantitative estimate of drug-likeness (QED) is 0.266. The highest BCUT2D eigenvalue weighted by Crippen LogP contribution is 2.43. The molecule has 0 unspecified atom stereocenters. The Balaban J connectivity index is 1.87. The fourth-order valence-corrected chi connectivity index (χ4v) is 4.68. The van der Waals surface area contributed by atoms with Crippen molar-refractivity contribution in [3.05, 3.63) is 77.1 Å². The van der Waals surface area contributed by atoms with Gasteiger partial charge < -0.3 is 19.5 Å². The van der Waals surface area contributed by atoms with Crippen LogP contribution >= 0.6 is 0 Å². The number of rotatable bonds is 7. The van der Waals surface area contributed by atoms with Gasteiger partial charge in [-0.05, 0) is 74.7 Å². The summed E-state index contributed by atoms with van der Waals surface area (Å²) in [6, 6.07) is 13.9. The molecular formula is C31H34FNO4. The molecule has 0 saturated heterocycles. The van der Waals surface area contributed by atoms with E-state index in [1.807, 2.05) is 25.1 Å². The summed E-state index contributed by atoms with van der Waals surface area (Å²) in [5.74, 6) is 0.647. The number of ether oxygens (including phenoxy) is 3. The summed E-state index contributed by atoms with van der Waals surface area (Å²) in [5.41, 5.74) is 6.33. The summed E-state index contributed by atoms with van der Waals surface area (Å²) in [6.45, 7) is 12.0. The Morgan fingerprint density at radius 1 is 1.00 bits per heavy atom. The molecule has 1 aliphatic rings. The monoisotopic (exact) mass is 503 g/mol. The zero-order valence-electron chi connectivity index (χ0n) is 22.5. The fraction of sp³-hybridized carbons (Fsp3) is 0.323. The van der Waals surface area contributed by atoms with E-state index in [0.717, 1.165) is 39.1 Å². The van der Waals surface area contributed by atoms with E-state index in [0.29, 0.717) is 17.2 Å². The van der Waals surface area contributed by atoms with E-state index in [9.17, 15) is 9.18 Å². The summed E-state index contributed by atoms with van der Waals surface area (Å²) in [7, 11) is 1.61. The molecule has 0 aromatic heterocycles. The van der Waals surface area contributed by atoms with E-state index in [-0.39, 0.29) is 29.9 Å². The molecule has 0 saturated carbocycles. The molecule has 3 aromatic rings. The van der Waals surface area contributed by atoms with Gasteiger partial charge in [-0.1, -0.05) is 32.1 Å². The first-order valence-corrected chi connectivity index (χ1v) is 12.4. The fourth-order valence-electron chi connectivity index (χ4n) is 4.68. The van der Waals surface area contributed by atoms with Crippen molar-refractivity contribution in [2.75, 3.05) is 12.4 Å². The van der Waals surface area contributed by atoms with Crippen LogP contribution in [-0.2, 0) is 11.4 Å². The van der Waals surface area contributed by atoms with Gasteiger partial charge in [0.05, 0.1) is 18.6 Å². The van der Waals surface area contributed by atoms with Crippen LogP contribution in [0.5, 0.6) is 17.2 Å². The predicted molar refractivity (Wildman–Crippen MR) is 146 cm³/mol.